The quantitative estimate of drug-likeness (QED) is 0.657. The van der Waals surface area contributed by atoms with Gasteiger partial charge in [0.05, 0.1) is 22.0 Å². The van der Waals surface area contributed by atoms with Crippen molar-refractivity contribution < 1.29 is 26.4 Å². The maximum absolute atomic E-state index is 13.8. The number of amides is 1. The lowest BCUT2D eigenvalue weighted by Gasteiger charge is -2.31. The Hall–Kier alpha value is -3.05. The summed E-state index contributed by atoms with van der Waals surface area (Å²) in [5, 5.41) is 2.40. The van der Waals surface area contributed by atoms with E-state index in [1.807, 2.05) is 0 Å². The highest BCUT2D eigenvalue weighted by Gasteiger charge is 2.34. The van der Waals surface area contributed by atoms with Crippen molar-refractivity contribution >= 4 is 32.7 Å². The van der Waals surface area contributed by atoms with E-state index < -0.39 is 39.2 Å². The summed E-state index contributed by atoms with van der Waals surface area (Å²) in [6.45, 7) is 0.127. The third-order valence-corrected chi connectivity index (χ3v) is 7.21. The fourth-order valence-electron chi connectivity index (χ4n) is 3.62. The third kappa shape index (κ3) is 3.98. The van der Waals surface area contributed by atoms with E-state index in [1.165, 1.54) is 34.1 Å². The Morgan fingerprint density at radius 2 is 1.97 bits per heavy atom. The largest absolute Gasteiger partial charge is 0.419 e. The molecule has 1 N–H and O–H groups in total. The summed E-state index contributed by atoms with van der Waals surface area (Å²) in [5.74, 6) is -3.53. The van der Waals surface area contributed by atoms with E-state index in [9.17, 15) is 26.8 Å². The van der Waals surface area contributed by atoms with Crippen LogP contribution in [0.5, 0.6) is 0 Å². The third-order valence-electron chi connectivity index (χ3n) is 5.35. The van der Waals surface area contributed by atoms with Crippen molar-refractivity contribution in [2.75, 3.05) is 18.4 Å². The smallest absolute Gasteiger partial charge is 0.408 e. The van der Waals surface area contributed by atoms with Gasteiger partial charge in [0.25, 0.3) is 0 Å². The van der Waals surface area contributed by atoms with Crippen LogP contribution in [0.25, 0.3) is 11.1 Å². The zero-order valence-corrected chi connectivity index (χ0v) is 17.3. The Balaban J connectivity index is 1.54. The predicted molar refractivity (Wildman–Crippen MR) is 108 cm³/mol. The van der Waals surface area contributed by atoms with E-state index in [1.54, 1.807) is 0 Å². The number of halogens is 2. The molecule has 0 aliphatic carbocycles. The van der Waals surface area contributed by atoms with Gasteiger partial charge in [-0.05, 0) is 37.1 Å². The van der Waals surface area contributed by atoms with Crippen LogP contribution in [0.15, 0.2) is 50.5 Å². The maximum atomic E-state index is 13.8. The van der Waals surface area contributed by atoms with Crippen molar-refractivity contribution in [3.63, 3.8) is 0 Å². The van der Waals surface area contributed by atoms with Crippen LogP contribution in [0.3, 0.4) is 0 Å². The first kappa shape index (κ1) is 21.2. The second-order valence-electron chi connectivity index (χ2n) is 7.37. The summed E-state index contributed by atoms with van der Waals surface area (Å²) < 4.78 is 60.6. The number of hydrogen-bond donors (Lipinski definition) is 1. The van der Waals surface area contributed by atoms with Crippen LogP contribution in [-0.2, 0) is 21.9 Å². The number of sulfonamides is 1. The Labute approximate surface area is 176 Å². The molecule has 2 aromatic carbocycles. The van der Waals surface area contributed by atoms with Gasteiger partial charge < -0.3 is 9.73 Å². The molecule has 1 amide bonds. The number of fused-ring (bicyclic) bond motifs is 1. The van der Waals surface area contributed by atoms with Crippen molar-refractivity contribution in [2.45, 2.75) is 17.7 Å². The molecule has 1 aromatic heterocycles. The summed E-state index contributed by atoms with van der Waals surface area (Å²) in [4.78, 5) is 24.2. The van der Waals surface area contributed by atoms with Gasteiger partial charge in [0, 0.05) is 32.3 Å². The molecule has 0 saturated carbocycles. The molecule has 8 nitrogen and oxygen atoms in total. The first-order valence-corrected chi connectivity index (χ1v) is 11.0. The summed E-state index contributed by atoms with van der Waals surface area (Å²) in [6.07, 6.45) is 0.860. The topological polar surface area (TPSA) is 102 Å². The Morgan fingerprint density at radius 3 is 2.71 bits per heavy atom. The fourth-order valence-corrected chi connectivity index (χ4v) is 5.16. The van der Waals surface area contributed by atoms with E-state index in [2.05, 4.69) is 5.32 Å². The summed E-state index contributed by atoms with van der Waals surface area (Å²) in [5.41, 5.74) is 0.434. The molecular weight excluding hydrogens is 432 g/mol. The molecule has 0 spiro atoms. The molecule has 3 aromatic rings. The normalized spacial score (nSPS) is 17.7. The minimum atomic E-state index is -3.95. The number of oxazole rings is 1. The number of carbonyl (C=O) groups is 1. The zero-order chi connectivity index (χ0) is 22.3. The number of piperidine rings is 1. The molecule has 4 rings (SSSR count). The van der Waals surface area contributed by atoms with Crippen LogP contribution in [0, 0.1) is 17.6 Å². The second kappa shape index (κ2) is 7.89. The first-order valence-electron chi connectivity index (χ1n) is 9.52. The van der Waals surface area contributed by atoms with Crippen LogP contribution in [0.1, 0.15) is 12.8 Å². The summed E-state index contributed by atoms with van der Waals surface area (Å²) in [7, 11) is -2.44. The summed E-state index contributed by atoms with van der Waals surface area (Å²) >= 11 is 0. The molecule has 1 fully saturated rings. The van der Waals surface area contributed by atoms with Crippen LogP contribution in [0.2, 0.25) is 0 Å². The fraction of sp³-hybridized carbons (Fsp3) is 0.300. The molecule has 1 aliphatic rings. The minimum Gasteiger partial charge on any atom is -0.408 e. The molecule has 1 saturated heterocycles. The highest BCUT2D eigenvalue weighted by atomic mass is 32.2. The number of anilines is 1. The van der Waals surface area contributed by atoms with Crippen molar-refractivity contribution in [1.29, 1.82) is 0 Å². The molecule has 11 heteroatoms. The number of nitrogens with one attached hydrogen (secondary N) is 1. The van der Waals surface area contributed by atoms with Gasteiger partial charge in [-0.1, -0.05) is 0 Å². The van der Waals surface area contributed by atoms with Crippen molar-refractivity contribution in [3.05, 3.63) is 58.6 Å². The average molecular weight is 451 g/mol. The predicted octanol–water partition coefficient (Wildman–Crippen LogP) is 2.45. The summed E-state index contributed by atoms with van der Waals surface area (Å²) in [6, 6.07) is 6.94. The van der Waals surface area contributed by atoms with E-state index in [0.717, 1.165) is 12.1 Å². The van der Waals surface area contributed by atoms with Gasteiger partial charge in [-0.15, -0.1) is 0 Å². The van der Waals surface area contributed by atoms with E-state index >= 15 is 0 Å². The average Bonchev–Trinajstić information content (AvgIpc) is 3.03. The van der Waals surface area contributed by atoms with Crippen LogP contribution in [-0.4, -0.2) is 36.3 Å². The SMILES string of the molecule is Cn1c(=O)oc2cc(S(=O)(=O)N3CCCC(C(=O)Nc4ccc(F)cc4F)C3)ccc21. The van der Waals surface area contributed by atoms with Crippen molar-refractivity contribution in [1.82, 2.24) is 8.87 Å². The highest BCUT2D eigenvalue weighted by molar-refractivity contribution is 7.89. The van der Waals surface area contributed by atoms with Gasteiger partial charge >= 0.3 is 5.76 Å². The van der Waals surface area contributed by atoms with Gasteiger partial charge in [-0.3, -0.25) is 9.36 Å². The lowest BCUT2D eigenvalue weighted by Crippen LogP contribution is -2.43. The molecule has 0 bridgehead atoms. The van der Waals surface area contributed by atoms with Crippen molar-refractivity contribution in [2.24, 2.45) is 13.0 Å². The Bertz CT molecular complexity index is 1330. The lowest BCUT2D eigenvalue weighted by molar-refractivity contribution is -0.120. The number of aryl methyl sites for hydroxylation is 1. The van der Waals surface area contributed by atoms with Gasteiger partial charge in [-0.2, -0.15) is 4.31 Å². The molecule has 1 unspecified atom stereocenters. The van der Waals surface area contributed by atoms with E-state index in [0.29, 0.717) is 24.4 Å². The number of aromatic nitrogens is 1. The van der Waals surface area contributed by atoms with Gasteiger partial charge in [0.15, 0.2) is 5.58 Å². The number of benzene rings is 2. The molecule has 1 atom stereocenters. The van der Waals surface area contributed by atoms with E-state index in [4.69, 9.17) is 4.42 Å². The highest BCUT2D eigenvalue weighted by Crippen LogP contribution is 2.27. The van der Waals surface area contributed by atoms with Gasteiger partial charge in [-0.25, -0.2) is 22.0 Å². The number of hydrogen-bond acceptors (Lipinski definition) is 5. The minimum absolute atomic E-state index is 0.0556. The van der Waals surface area contributed by atoms with E-state index in [-0.39, 0.29) is 29.3 Å². The molecular formula is C20H19F2N3O5S. The number of rotatable bonds is 4. The zero-order valence-electron chi connectivity index (χ0n) is 16.5. The van der Waals surface area contributed by atoms with Crippen LogP contribution in [0.4, 0.5) is 14.5 Å². The Morgan fingerprint density at radius 1 is 1.19 bits per heavy atom. The van der Waals surface area contributed by atoms with Gasteiger partial charge in [0.1, 0.15) is 11.6 Å². The molecule has 2 heterocycles. The van der Waals surface area contributed by atoms with Gasteiger partial charge in [0.2, 0.25) is 15.9 Å². The standard InChI is InChI=1S/C20H19F2N3O5S/c1-24-17-7-5-14(10-18(17)30-20(24)27)31(28,29)25-8-2-3-12(11-25)19(26)23-16-6-4-13(21)9-15(16)22/h4-7,9-10,12H,2-3,8,11H2,1H3,(H,23,26). The number of carbonyl (C=O) groups excluding carboxylic acids is 1. The molecule has 0 radical (unpaired) electrons. The second-order valence-corrected chi connectivity index (χ2v) is 9.31. The molecule has 31 heavy (non-hydrogen) atoms. The Kier molecular flexibility index (Phi) is 5.40. The molecule has 164 valence electrons. The van der Waals surface area contributed by atoms with Crippen LogP contribution < -0.4 is 11.1 Å². The molecule has 1 aliphatic heterocycles. The van der Waals surface area contributed by atoms with Crippen molar-refractivity contribution in [3.8, 4) is 0 Å². The monoisotopic (exact) mass is 451 g/mol. The maximum Gasteiger partial charge on any atom is 0.419 e. The first-order chi connectivity index (χ1) is 14.7. The lowest BCUT2D eigenvalue weighted by atomic mass is 9.98. The van der Waals surface area contributed by atoms with Crippen LogP contribution >= 0.6 is 0 Å². The number of nitrogens with zero attached hydrogens (tertiary/aromatic N) is 2.